The molecule has 0 saturated carbocycles. The third-order valence-electron chi connectivity index (χ3n) is 2.26. The molecular weight excluding hydrogens is 192 g/mol. The second kappa shape index (κ2) is 5.68. The summed E-state index contributed by atoms with van der Waals surface area (Å²) >= 11 is 0. The van der Waals surface area contributed by atoms with E-state index in [2.05, 4.69) is 4.98 Å². The Labute approximate surface area is 90.5 Å². The second-order valence-corrected chi connectivity index (χ2v) is 3.51. The van der Waals surface area contributed by atoms with E-state index in [0.29, 0.717) is 6.61 Å². The Morgan fingerprint density at radius 2 is 2.33 bits per heavy atom. The third kappa shape index (κ3) is 3.18. The van der Waals surface area contributed by atoms with Crippen molar-refractivity contribution >= 4 is 5.82 Å². The topological polar surface area (TPSA) is 45.6 Å². The van der Waals surface area contributed by atoms with E-state index in [-0.39, 0.29) is 0 Å². The van der Waals surface area contributed by atoms with E-state index in [1.54, 1.807) is 20.2 Å². The van der Waals surface area contributed by atoms with Crippen molar-refractivity contribution in [3.8, 4) is 0 Å². The predicted molar refractivity (Wildman–Crippen MR) is 60.0 cm³/mol. The zero-order chi connectivity index (χ0) is 11.3. The highest BCUT2D eigenvalue weighted by Crippen LogP contribution is 2.22. The van der Waals surface area contributed by atoms with E-state index in [4.69, 9.17) is 4.74 Å². The smallest absolute Gasteiger partial charge is 0.134 e. The minimum atomic E-state index is -0.501. The van der Waals surface area contributed by atoms with E-state index in [0.717, 1.165) is 17.9 Å². The molecule has 4 heteroatoms. The molecule has 1 rings (SSSR count). The maximum Gasteiger partial charge on any atom is 0.134 e. The van der Waals surface area contributed by atoms with Crippen LogP contribution in [-0.2, 0) is 4.74 Å². The number of aliphatic hydroxyl groups excluding tert-OH is 1. The van der Waals surface area contributed by atoms with Gasteiger partial charge in [0.05, 0.1) is 12.7 Å². The molecule has 84 valence electrons. The third-order valence-corrected chi connectivity index (χ3v) is 2.26. The summed E-state index contributed by atoms with van der Waals surface area (Å²) in [6.07, 6.45) is 1.23. The largest absolute Gasteiger partial charge is 0.389 e. The number of rotatable bonds is 5. The van der Waals surface area contributed by atoms with E-state index in [9.17, 15) is 5.11 Å². The molecule has 0 bridgehead atoms. The molecule has 1 aromatic rings. The van der Waals surface area contributed by atoms with Crippen molar-refractivity contribution in [3.63, 3.8) is 0 Å². The van der Waals surface area contributed by atoms with Crippen LogP contribution >= 0.6 is 0 Å². The average Bonchev–Trinajstić information content (AvgIpc) is 2.25. The molecular formula is C11H18N2O2. The molecule has 0 aliphatic rings. The van der Waals surface area contributed by atoms with Crippen molar-refractivity contribution in [1.82, 2.24) is 4.98 Å². The summed E-state index contributed by atoms with van der Waals surface area (Å²) in [5.74, 6) is 0.810. The molecule has 1 aromatic heterocycles. The van der Waals surface area contributed by atoms with Gasteiger partial charge in [-0.05, 0) is 13.0 Å². The maximum atomic E-state index is 9.58. The predicted octanol–water partition coefficient (Wildman–Crippen LogP) is 1.22. The van der Waals surface area contributed by atoms with Crippen molar-refractivity contribution in [1.29, 1.82) is 0 Å². The van der Waals surface area contributed by atoms with Crippen LogP contribution in [-0.4, -0.2) is 37.4 Å². The number of anilines is 1. The van der Waals surface area contributed by atoms with Gasteiger partial charge < -0.3 is 14.7 Å². The minimum absolute atomic E-state index is 0.501. The monoisotopic (exact) mass is 210 g/mol. The normalized spacial score (nSPS) is 12.5. The Morgan fingerprint density at radius 1 is 1.60 bits per heavy atom. The first-order valence-electron chi connectivity index (χ1n) is 5.00. The quantitative estimate of drug-likeness (QED) is 0.793. The van der Waals surface area contributed by atoms with Gasteiger partial charge in [-0.2, -0.15) is 0 Å². The molecule has 4 nitrogen and oxygen atoms in total. The lowest BCUT2D eigenvalue weighted by Gasteiger charge is -2.21. The summed E-state index contributed by atoms with van der Waals surface area (Å²) in [7, 11) is 3.61. The van der Waals surface area contributed by atoms with E-state index in [1.165, 1.54) is 0 Å². The summed E-state index contributed by atoms with van der Waals surface area (Å²) in [5.41, 5.74) is 0.844. The number of ether oxygens (including phenoxy) is 1. The van der Waals surface area contributed by atoms with Crippen LogP contribution in [0.15, 0.2) is 18.3 Å². The Balaban J connectivity index is 2.82. The fourth-order valence-electron chi connectivity index (χ4n) is 1.39. The molecule has 1 N–H and O–H groups in total. The van der Waals surface area contributed by atoms with Gasteiger partial charge in [0.15, 0.2) is 0 Å². The molecule has 0 fully saturated rings. The first-order chi connectivity index (χ1) is 7.16. The van der Waals surface area contributed by atoms with Crippen LogP contribution in [0.5, 0.6) is 0 Å². The SMILES string of the molecule is COCCN(C)c1ncccc1C(C)O. The minimum Gasteiger partial charge on any atom is -0.389 e. The molecule has 1 heterocycles. The van der Waals surface area contributed by atoms with Gasteiger partial charge >= 0.3 is 0 Å². The molecule has 0 saturated heterocycles. The Bertz CT molecular complexity index is 302. The van der Waals surface area contributed by atoms with Gasteiger partial charge in [0, 0.05) is 32.5 Å². The first-order valence-corrected chi connectivity index (χ1v) is 5.00. The van der Waals surface area contributed by atoms with Crippen LogP contribution in [0.3, 0.4) is 0 Å². The highest BCUT2D eigenvalue weighted by Gasteiger charge is 2.11. The van der Waals surface area contributed by atoms with Crippen LogP contribution < -0.4 is 4.90 Å². The summed E-state index contributed by atoms with van der Waals surface area (Å²) in [4.78, 5) is 6.24. The molecule has 0 amide bonds. The number of pyridine rings is 1. The van der Waals surface area contributed by atoms with Crippen molar-refractivity contribution in [2.24, 2.45) is 0 Å². The zero-order valence-corrected chi connectivity index (χ0v) is 9.47. The standard InChI is InChI=1S/C11H18N2O2/c1-9(14)10-5-4-6-12-11(10)13(2)7-8-15-3/h4-6,9,14H,7-8H2,1-3H3. The fraction of sp³-hybridized carbons (Fsp3) is 0.545. The van der Waals surface area contributed by atoms with Gasteiger partial charge in [-0.3, -0.25) is 0 Å². The molecule has 1 atom stereocenters. The molecule has 1 unspecified atom stereocenters. The van der Waals surface area contributed by atoms with E-state index >= 15 is 0 Å². The summed E-state index contributed by atoms with van der Waals surface area (Å²) in [6, 6.07) is 3.71. The lowest BCUT2D eigenvalue weighted by Crippen LogP contribution is -2.24. The molecule has 0 spiro atoms. The van der Waals surface area contributed by atoms with Crippen LogP contribution in [0, 0.1) is 0 Å². The number of aliphatic hydroxyl groups is 1. The molecule has 15 heavy (non-hydrogen) atoms. The van der Waals surface area contributed by atoms with Crippen LogP contribution in [0.2, 0.25) is 0 Å². The fourth-order valence-corrected chi connectivity index (χ4v) is 1.39. The summed E-state index contributed by atoms with van der Waals surface area (Å²) in [5, 5.41) is 9.58. The van der Waals surface area contributed by atoms with Gasteiger partial charge in [-0.15, -0.1) is 0 Å². The van der Waals surface area contributed by atoms with Crippen LogP contribution in [0.4, 0.5) is 5.82 Å². The average molecular weight is 210 g/mol. The lowest BCUT2D eigenvalue weighted by molar-refractivity contribution is 0.197. The van der Waals surface area contributed by atoms with Crippen molar-refractivity contribution < 1.29 is 9.84 Å². The molecule has 0 radical (unpaired) electrons. The van der Waals surface area contributed by atoms with Crippen molar-refractivity contribution in [3.05, 3.63) is 23.9 Å². The van der Waals surface area contributed by atoms with Gasteiger partial charge in [0.25, 0.3) is 0 Å². The van der Waals surface area contributed by atoms with Crippen LogP contribution in [0.1, 0.15) is 18.6 Å². The molecule has 0 aromatic carbocycles. The van der Waals surface area contributed by atoms with Crippen molar-refractivity contribution in [2.45, 2.75) is 13.0 Å². The summed E-state index contributed by atoms with van der Waals surface area (Å²) in [6.45, 7) is 3.14. The zero-order valence-electron chi connectivity index (χ0n) is 9.47. The number of hydrogen-bond donors (Lipinski definition) is 1. The van der Waals surface area contributed by atoms with Crippen LogP contribution in [0.25, 0.3) is 0 Å². The van der Waals surface area contributed by atoms with Crippen molar-refractivity contribution in [2.75, 3.05) is 32.2 Å². The second-order valence-electron chi connectivity index (χ2n) is 3.51. The van der Waals surface area contributed by atoms with E-state index in [1.807, 2.05) is 24.1 Å². The van der Waals surface area contributed by atoms with Gasteiger partial charge in [0.1, 0.15) is 5.82 Å². The lowest BCUT2D eigenvalue weighted by atomic mass is 10.1. The Kier molecular flexibility index (Phi) is 4.52. The van der Waals surface area contributed by atoms with Gasteiger partial charge in [0.2, 0.25) is 0 Å². The van der Waals surface area contributed by atoms with Gasteiger partial charge in [-0.25, -0.2) is 4.98 Å². The highest BCUT2D eigenvalue weighted by atomic mass is 16.5. The van der Waals surface area contributed by atoms with E-state index < -0.39 is 6.10 Å². The van der Waals surface area contributed by atoms with Gasteiger partial charge in [-0.1, -0.05) is 6.07 Å². The number of hydrogen-bond acceptors (Lipinski definition) is 4. The molecule has 0 aliphatic carbocycles. The number of aromatic nitrogens is 1. The number of likely N-dealkylation sites (N-methyl/N-ethyl adjacent to an activating group) is 1. The first kappa shape index (κ1) is 11.9. The Hall–Kier alpha value is -1.13. The number of nitrogens with zero attached hydrogens (tertiary/aromatic N) is 2. The Morgan fingerprint density at radius 3 is 2.93 bits per heavy atom. The molecule has 0 aliphatic heterocycles. The maximum absolute atomic E-state index is 9.58. The highest BCUT2D eigenvalue weighted by molar-refractivity contribution is 5.46. The number of methoxy groups -OCH3 is 1. The summed E-state index contributed by atoms with van der Waals surface area (Å²) < 4.78 is 5.00.